The number of halogens is 2. The third-order valence-electron chi connectivity index (χ3n) is 1.21. The molecule has 0 spiro atoms. The highest BCUT2D eigenvalue weighted by atomic mass is 35.5. The molecule has 1 aromatic rings. The highest BCUT2D eigenvalue weighted by molar-refractivity contribution is 6.67. The van der Waals surface area contributed by atoms with Crippen molar-refractivity contribution >= 4 is 28.4 Å². The van der Waals surface area contributed by atoms with Gasteiger partial charge in [-0.15, -0.1) is 0 Å². The third-order valence-corrected chi connectivity index (χ3v) is 1.69. The van der Waals surface area contributed by atoms with Gasteiger partial charge in [0.2, 0.25) is 5.88 Å². The van der Waals surface area contributed by atoms with Crippen LogP contribution >= 0.6 is 23.2 Å². The molecule has 0 saturated heterocycles. The molecule has 0 aromatic carbocycles. The van der Waals surface area contributed by atoms with Crippen LogP contribution in [0.4, 0.5) is 0 Å². The van der Waals surface area contributed by atoms with E-state index in [2.05, 4.69) is 4.98 Å². The van der Waals surface area contributed by atoms with E-state index in [9.17, 15) is 4.79 Å². The van der Waals surface area contributed by atoms with E-state index in [4.69, 9.17) is 27.9 Å². The Balaban J connectivity index is 3.13. The minimum absolute atomic E-state index is 0.123. The predicted octanol–water partition coefficient (Wildman–Crippen LogP) is 2.12. The lowest BCUT2D eigenvalue weighted by Crippen LogP contribution is -1.96. The van der Waals surface area contributed by atoms with Crippen molar-refractivity contribution in [2.75, 3.05) is 7.11 Å². The number of pyridine rings is 1. The van der Waals surface area contributed by atoms with Gasteiger partial charge in [-0.3, -0.25) is 4.79 Å². The number of carbonyl (C=O) groups is 1. The van der Waals surface area contributed by atoms with Gasteiger partial charge in [0, 0.05) is 0 Å². The van der Waals surface area contributed by atoms with E-state index >= 15 is 0 Å². The summed E-state index contributed by atoms with van der Waals surface area (Å²) in [6, 6.07) is 2.93. The molecule has 0 radical (unpaired) electrons. The SMILES string of the molecule is COc1nc(C(=O)Cl)ccc1Cl. The van der Waals surface area contributed by atoms with Crippen LogP contribution in [0.3, 0.4) is 0 Å². The Labute approximate surface area is 79.3 Å². The normalized spacial score (nSPS) is 9.58. The van der Waals surface area contributed by atoms with E-state index in [1.807, 2.05) is 0 Å². The van der Waals surface area contributed by atoms with Gasteiger partial charge in [0.05, 0.1) is 7.11 Å². The summed E-state index contributed by atoms with van der Waals surface area (Å²) in [7, 11) is 1.41. The molecule has 1 rings (SSSR count). The maximum atomic E-state index is 10.6. The number of ether oxygens (including phenoxy) is 1. The zero-order valence-electron chi connectivity index (χ0n) is 6.17. The lowest BCUT2D eigenvalue weighted by Gasteiger charge is -2.01. The largest absolute Gasteiger partial charge is 0.480 e. The molecule has 0 bridgehead atoms. The summed E-state index contributed by atoms with van der Waals surface area (Å²) < 4.78 is 4.78. The Morgan fingerprint density at radius 2 is 2.25 bits per heavy atom. The summed E-state index contributed by atoms with van der Waals surface area (Å²) >= 11 is 10.8. The van der Waals surface area contributed by atoms with E-state index in [1.54, 1.807) is 0 Å². The average molecular weight is 206 g/mol. The number of methoxy groups -OCH3 is 1. The highest BCUT2D eigenvalue weighted by Gasteiger charge is 2.07. The van der Waals surface area contributed by atoms with Crippen molar-refractivity contribution in [1.82, 2.24) is 4.98 Å². The molecule has 0 saturated carbocycles. The second-order valence-corrected chi connectivity index (χ2v) is 2.71. The van der Waals surface area contributed by atoms with Gasteiger partial charge in [-0.05, 0) is 23.7 Å². The van der Waals surface area contributed by atoms with Crippen molar-refractivity contribution in [3.8, 4) is 5.88 Å². The molecule has 1 aromatic heterocycles. The molecule has 64 valence electrons. The molecule has 12 heavy (non-hydrogen) atoms. The van der Waals surface area contributed by atoms with Crippen LogP contribution in [0.5, 0.6) is 5.88 Å². The van der Waals surface area contributed by atoms with Crippen LogP contribution in [0.25, 0.3) is 0 Å². The Kier molecular flexibility index (Phi) is 2.89. The first-order valence-electron chi connectivity index (χ1n) is 3.05. The van der Waals surface area contributed by atoms with Gasteiger partial charge in [-0.2, -0.15) is 0 Å². The maximum absolute atomic E-state index is 10.6. The molecule has 0 fully saturated rings. The van der Waals surface area contributed by atoms with Crippen LogP contribution in [0.15, 0.2) is 12.1 Å². The van der Waals surface area contributed by atoms with Crippen molar-refractivity contribution in [1.29, 1.82) is 0 Å². The summed E-state index contributed by atoms with van der Waals surface area (Å²) in [5.41, 5.74) is 0.123. The van der Waals surface area contributed by atoms with Crippen molar-refractivity contribution in [2.45, 2.75) is 0 Å². The Morgan fingerprint density at radius 1 is 1.58 bits per heavy atom. The molecular formula is C7H5Cl2NO2. The van der Waals surface area contributed by atoms with Gasteiger partial charge < -0.3 is 4.74 Å². The summed E-state index contributed by atoms with van der Waals surface area (Å²) in [4.78, 5) is 14.4. The first kappa shape index (κ1) is 9.29. The second-order valence-electron chi connectivity index (χ2n) is 1.96. The van der Waals surface area contributed by atoms with E-state index < -0.39 is 5.24 Å². The first-order valence-corrected chi connectivity index (χ1v) is 3.81. The summed E-state index contributed by atoms with van der Waals surface area (Å²) in [5.74, 6) is 0.197. The quantitative estimate of drug-likeness (QED) is 0.695. The predicted molar refractivity (Wildman–Crippen MR) is 46.0 cm³/mol. The zero-order chi connectivity index (χ0) is 9.14. The molecule has 0 N–H and O–H groups in total. The summed E-state index contributed by atoms with van der Waals surface area (Å²) in [6.45, 7) is 0. The van der Waals surface area contributed by atoms with Crippen LogP contribution in [0.2, 0.25) is 5.02 Å². The van der Waals surface area contributed by atoms with E-state index in [0.29, 0.717) is 5.02 Å². The molecule has 0 aliphatic carbocycles. The van der Waals surface area contributed by atoms with Crippen molar-refractivity contribution in [2.24, 2.45) is 0 Å². The van der Waals surface area contributed by atoms with E-state index in [0.717, 1.165) is 0 Å². The Morgan fingerprint density at radius 3 is 2.75 bits per heavy atom. The molecule has 0 unspecified atom stereocenters. The van der Waals surface area contributed by atoms with Gasteiger partial charge in [0.25, 0.3) is 5.24 Å². The monoisotopic (exact) mass is 205 g/mol. The number of hydrogen-bond donors (Lipinski definition) is 0. The van der Waals surface area contributed by atoms with Crippen molar-refractivity contribution in [3.05, 3.63) is 22.8 Å². The third kappa shape index (κ3) is 1.87. The molecule has 0 aliphatic rings. The van der Waals surface area contributed by atoms with Gasteiger partial charge in [0.1, 0.15) is 10.7 Å². The number of carbonyl (C=O) groups excluding carboxylic acids is 1. The minimum Gasteiger partial charge on any atom is -0.480 e. The fourth-order valence-corrected chi connectivity index (χ4v) is 0.964. The molecule has 1 heterocycles. The van der Waals surface area contributed by atoms with Crippen molar-refractivity contribution in [3.63, 3.8) is 0 Å². The maximum Gasteiger partial charge on any atom is 0.270 e. The van der Waals surface area contributed by atoms with E-state index in [-0.39, 0.29) is 11.6 Å². The smallest absolute Gasteiger partial charge is 0.270 e. The number of nitrogens with zero attached hydrogens (tertiary/aromatic N) is 1. The molecule has 0 atom stereocenters. The minimum atomic E-state index is -0.634. The van der Waals surface area contributed by atoms with Gasteiger partial charge in [-0.1, -0.05) is 11.6 Å². The van der Waals surface area contributed by atoms with Gasteiger partial charge in [0.15, 0.2) is 0 Å². The Bertz CT molecular complexity index is 314. The first-order chi connectivity index (χ1) is 5.65. The van der Waals surface area contributed by atoms with Crippen molar-refractivity contribution < 1.29 is 9.53 Å². The van der Waals surface area contributed by atoms with Crippen LogP contribution in [0, 0.1) is 0 Å². The standard InChI is InChI=1S/C7H5Cl2NO2/c1-12-7-4(8)2-3-5(10-7)6(9)11/h2-3H,1H3. The molecule has 5 heteroatoms. The number of hydrogen-bond acceptors (Lipinski definition) is 3. The van der Waals surface area contributed by atoms with E-state index in [1.165, 1.54) is 19.2 Å². The Hall–Kier alpha value is -0.800. The highest BCUT2D eigenvalue weighted by Crippen LogP contribution is 2.21. The van der Waals surface area contributed by atoms with Crippen LogP contribution in [-0.4, -0.2) is 17.3 Å². The van der Waals surface area contributed by atoms with Gasteiger partial charge in [-0.25, -0.2) is 4.98 Å². The lowest BCUT2D eigenvalue weighted by molar-refractivity contribution is 0.107. The lowest BCUT2D eigenvalue weighted by atomic mass is 10.4. The fraction of sp³-hybridized carbons (Fsp3) is 0.143. The molecular weight excluding hydrogens is 201 g/mol. The topological polar surface area (TPSA) is 39.2 Å². The molecule has 0 amide bonds. The molecule has 3 nitrogen and oxygen atoms in total. The molecule has 0 aliphatic heterocycles. The zero-order valence-corrected chi connectivity index (χ0v) is 7.69. The number of rotatable bonds is 2. The van der Waals surface area contributed by atoms with Crippen LogP contribution in [-0.2, 0) is 0 Å². The second kappa shape index (κ2) is 3.74. The number of aromatic nitrogens is 1. The summed E-state index contributed by atoms with van der Waals surface area (Å²) in [6.07, 6.45) is 0. The fourth-order valence-electron chi connectivity index (χ4n) is 0.676. The summed E-state index contributed by atoms with van der Waals surface area (Å²) in [5, 5.41) is -0.288. The van der Waals surface area contributed by atoms with Crippen LogP contribution < -0.4 is 4.74 Å². The van der Waals surface area contributed by atoms with Crippen LogP contribution in [0.1, 0.15) is 10.5 Å². The van der Waals surface area contributed by atoms with Gasteiger partial charge >= 0.3 is 0 Å². The average Bonchev–Trinajstić information content (AvgIpc) is 2.05.